The summed E-state index contributed by atoms with van der Waals surface area (Å²) in [5.41, 5.74) is 9.15. The molecule has 0 spiro atoms. The van der Waals surface area contributed by atoms with Gasteiger partial charge < -0.3 is 25.1 Å². The Balaban J connectivity index is 1.30. The number of nitrogen functional groups attached to an aromatic ring is 1. The number of methoxy groups -OCH3 is 1. The second-order valence-electron chi connectivity index (χ2n) is 10.3. The Hall–Kier alpha value is -4.94. The number of anilines is 2. The average Bonchev–Trinajstić information content (AvgIpc) is 3.43. The van der Waals surface area contributed by atoms with Crippen molar-refractivity contribution in [3.8, 4) is 22.3 Å². The van der Waals surface area contributed by atoms with Crippen LogP contribution in [0.15, 0.2) is 72.0 Å². The van der Waals surface area contributed by atoms with E-state index >= 15 is 0 Å². The highest BCUT2D eigenvalue weighted by molar-refractivity contribution is 6.04. The molecule has 1 amide bonds. The molecule has 0 saturated carbocycles. The highest BCUT2D eigenvalue weighted by Crippen LogP contribution is 2.36. The summed E-state index contributed by atoms with van der Waals surface area (Å²) in [5.74, 6) is -0.705. The van der Waals surface area contributed by atoms with Gasteiger partial charge in [-0.1, -0.05) is 24.3 Å². The summed E-state index contributed by atoms with van der Waals surface area (Å²) >= 11 is 0. The van der Waals surface area contributed by atoms with Crippen LogP contribution >= 0.6 is 0 Å². The Bertz CT molecular complexity index is 1830. The van der Waals surface area contributed by atoms with Crippen molar-refractivity contribution in [2.75, 3.05) is 38.0 Å². The fourth-order valence-electron chi connectivity index (χ4n) is 5.31. The number of nitrogens with two attached hydrogens (primary N) is 1. The van der Waals surface area contributed by atoms with Crippen LogP contribution in [0.5, 0.6) is 0 Å². The lowest BCUT2D eigenvalue weighted by atomic mass is 10.1. The van der Waals surface area contributed by atoms with Gasteiger partial charge >= 0.3 is 0 Å². The molecule has 0 radical (unpaired) electrons. The topological polar surface area (TPSA) is 139 Å². The lowest BCUT2D eigenvalue weighted by molar-refractivity contribution is 0.0706. The van der Waals surface area contributed by atoms with Gasteiger partial charge in [-0.2, -0.15) is 5.10 Å². The normalized spacial score (nSPS) is 13.8. The molecule has 0 bridgehead atoms. The van der Waals surface area contributed by atoms with Gasteiger partial charge in [0, 0.05) is 55.6 Å². The maximum Gasteiger partial charge on any atom is 0.280 e. The highest BCUT2D eigenvalue weighted by atomic mass is 19.1. The number of halogens is 1. The van der Waals surface area contributed by atoms with E-state index in [-0.39, 0.29) is 17.3 Å². The molecule has 6 rings (SSSR count). The minimum absolute atomic E-state index is 0.229. The zero-order valence-corrected chi connectivity index (χ0v) is 23.5. The molecule has 2 aromatic carbocycles. The number of carbonyl (C=O) groups is 1. The summed E-state index contributed by atoms with van der Waals surface area (Å²) in [6.45, 7) is 2.01. The number of carbonyl (C=O) groups excluding carboxylic acids is 1. The van der Waals surface area contributed by atoms with Gasteiger partial charge in [-0.05, 0) is 48.2 Å². The van der Waals surface area contributed by atoms with Crippen LogP contribution in [0.2, 0.25) is 0 Å². The largest absolute Gasteiger partial charge is 0.383 e. The molecule has 1 aliphatic rings. The summed E-state index contributed by atoms with van der Waals surface area (Å²) in [7, 11) is 1.55. The molecule has 1 saturated heterocycles. The van der Waals surface area contributed by atoms with Crippen LogP contribution in [-0.4, -0.2) is 57.2 Å². The number of aromatic nitrogens is 5. The van der Waals surface area contributed by atoms with Gasteiger partial charge in [-0.25, -0.2) is 14.4 Å². The first-order valence-electron chi connectivity index (χ1n) is 13.9. The van der Waals surface area contributed by atoms with E-state index in [2.05, 4.69) is 25.0 Å². The molecule has 1 fully saturated rings. The van der Waals surface area contributed by atoms with Crippen LogP contribution in [0.3, 0.4) is 0 Å². The van der Waals surface area contributed by atoms with E-state index in [4.69, 9.17) is 15.2 Å². The van der Waals surface area contributed by atoms with Gasteiger partial charge in [0.2, 0.25) is 5.43 Å². The molecule has 4 heterocycles. The number of ether oxygens (including phenoxy) is 2. The second kappa shape index (κ2) is 12.1. The molecule has 1 aliphatic heterocycles. The second-order valence-corrected chi connectivity index (χ2v) is 10.3. The predicted molar refractivity (Wildman–Crippen MR) is 160 cm³/mol. The molecular formula is C31H30FN7O4. The third-order valence-corrected chi connectivity index (χ3v) is 7.54. The number of benzene rings is 2. The van der Waals surface area contributed by atoms with E-state index in [0.29, 0.717) is 43.4 Å². The van der Waals surface area contributed by atoms with E-state index in [1.165, 1.54) is 41.5 Å². The SMILES string of the molecule is COCCn1cc(-c2ccc(F)cc2)c(=O)c(C(=O)Nc2ccc(-c3cn(C4CCOCC4)c4ncnc(N)c34)cc2)n1. The van der Waals surface area contributed by atoms with Crippen molar-refractivity contribution in [2.24, 2.45) is 0 Å². The van der Waals surface area contributed by atoms with Crippen molar-refractivity contribution < 1.29 is 18.7 Å². The molecule has 0 unspecified atom stereocenters. The maximum absolute atomic E-state index is 13.5. The molecule has 3 aromatic heterocycles. The zero-order chi connectivity index (χ0) is 29.9. The number of fused-ring (bicyclic) bond motifs is 1. The maximum atomic E-state index is 13.5. The minimum Gasteiger partial charge on any atom is -0.383 e. The van der Waals surface area contributed by atoms with Crippen LogP contribution in [0.25, 0.3) is 33.3 Å². The van der Waals surface area contributed by atoms with E-state index in [1.807, 2.05) is 18.3 Å². The van der Waals surface area contributed by atoms with Crippen LogP contribution in [-0.2, 0) is 16.0 Å². The fraction of sp³-hybridized carbons (Fsp3) is 0.258. The molecule has 11 nitrogen and oxygen atoms in total. The molecule has 0 aliphatic carbocycles. The van der Waals surface area contributed by atoms with Crippen LogP contribution in [0.4, 0.5) is 15.9 Å². The molecule has 43 heavy (non-hydrogen) atoms. The van der Waals surface area contributed by atoms with Gasteiger partial charge in [0.1, 0.15) is 23.6 Å². The van der Waals surface area contributed by atoms with Crippen LogP contribution in [0, 0.1) is 5.82 Å². The molecule has 12 heteroatoms. The minimum atomic E-state index is -0.665. The Labute approximate surface area is 246 Å². The Morgan fingerprint density at radius 3 is 2.47 bits per heavy atom. The van der Waals surface area contributed by atoms with E-state index < -0.39 is 17.2 Å². The van der Waals surface area contributed by atoms with Crippen molar-refractivity contribution in [3.05, 3.63) is 89.0 Å². The molecular weight excluding hydrogens is 553 g/mol. The van der Waals surface area contributed by atoms with Crippen LogP contribution < -0.4 is 16.5 Å². The number of amides is 1. The summed E-state index contributed by atoms with van der Waals surface area (Å²) in [6, 6.07) is 13.0. The molecule has 3 N–H and O–H groups in total. The Kier molecular flexibility index (Phi) is 7.95. The van der Waals surface area contributed by atoms with Crippen molar-refractivity contribution in [1.82, 2.24) is 24.3 Å². The lowest BCUT2D eigenvalue weighted by Gasteiger charge is -2.24. The standard InChI is InChI=1S/C31H30FN7O4/c1-42-15-12-38-16-25(20-2-6-21(32)7-3-20)28(40)27(37-38)31(41)36-22-8-4-19(5-9-22)24-17-39(23-10-13-43-14-11-23)30-26(24)29(33)34-18-35-30/h2-9,16-18,23H,10-15H2,1H3,(H,36,41)(H2,33,34,35). The molecule has 5 aromatic rings. The summed E-state index contributed by atoms with van der Waals surface area (Å²) < 4.78 is 27.8. The number of rotatable bonds is 8. The fourth-order valence-corrected chi connectivity index (χ4v) is 5.31. The van der Waals surface area contributed by atoms with Gasteiger partial charge in [0.25, 0.3) is 5.91 Å². The van der Waals surface area contributed by atoms with Crippen molar-refractivity contribution >= 4 is 28.4 Å². The van der Waals surface area contributed by atoms with E-state index in [1.54, 1.807) is 19.2 Å². The Morgan fingerprint density at radius 1 is 1.05 bits per heavy atom. The number of hydrogen-bond donors (Lipinski definition) is 2. The van der Waals surface area contributed by atoms with Gasteiger partial charge in [0.05, 0.1) is 18.5 Å². The van der Waals surface area contributed by atoms with Crippen molar-refractivity contribution in [2.45, 2.75) is 25.4 Å². The smallest absolute Gasteiger partial charge is 0.280 e. The lowest BCUT2D eigenvalue weighted by Crippen LogP contribution is -2.28. The third-order valence-electron chi connectivity index (χ3n) is 7.54. The quantitative estimate of drug-likeness (QED) is 0.276. The summed E-state index contributed by atoms with van der Waals surface area (Å²) in [6.07, 6.45) is 6.81. The first kappa shape index (κ1) is 28.2. The average molecular weight is 584 g/mol. The summed E-state index contributed by atoms with van der Waals surface area (Å²) in [4.78, 5) is 35.4. The molecule has 0 atom stereocenters. The highest BCUT2D eigenvalue weighted by Gasteiger charge is 2.23. The number of hydrogen-bond acceptors (Lipinski definition) is 8. The van der Waals surface area contributed by atoms with E-state index in [0.717, 1.165) is 35.0 Å². The molecule has 220 valence electrons. The van der Waals surface area contributed by atoms with Crippen molar-refractivity contribution in [3.63, 3.8) is 0 Å². The first-order chi connectivity index (χ1) is 20.9. The van der Waals surface area contributed by atoms with Crippen molar-refractivity contribution in [1.29, 1.82) is 0 Å². The predicted octanol–water partition coefficient (Wildman–Crippen LogP) is 4.29. The first-order valence-corrected chi connectivity index (χ1v) is 13.9. The zero-order valence-electron chi connectivity index (χ0n) is 23.5. The van der Waals surface area contributed by atoms with Gasteiger partial charge in [-0.3, -0.25) is 14.3 Å². The number of nitrogens with one attached hydrogen (secondary N) is 1. The monoisotopic (exact) mass is 583 g/mol. The number of nitrogens with zero attached hydrogens (tertiary/aromatic N) is 5. The van der Waals surface area contributed by atoms with Crippen LogP contribution in [0.1, 0.15) is 29.4 Å². The Morgan fingerprint density at radius 2 is 1.74 bits per heavy atom. The van der Waals surface area contributed by atoms with Gasteiger partial charge in [-0.15, -0.1) is 0 Å². The van der Waals surface area contributed by atoms with Gasteiger partial charge in [0.15, 0.2) is 5.69 Å². The summed E-state index contributed by atoms with van der Waals surface area (Å²) in [5, 5.41) is 7.81. The van der Waals surface area contributed by atoms with E-state index in [9.17, 15) is 14.0 Å². The third kappa shape index (κ3) is 5.74.